The molecule has 0 unspecified atom stereocenters. The predicted molar refractivity (Wildman–Crippen MR) is 136 cm³/mol. The molecule has 2 amide bonds. The number of carbonyl (C=O) groups is 2. The Balaban J connectivity index is 1.31. The minimum Gasteiger partial charge on any atom is -0.278 e. The predicted octanol–water partition coefficient (Wildman–Crippen LogP) is 6.87. The van der Waals surface area contributed by atoms with Crippen LogP contribution in [0, 0.1) is 0 Å². The van der Waals surface area contributed by atoms with Crippen LogP contribution in [0.15, 0.2) is 92.5 Å². The number of aliphatic imine (C=N–C) groups is 1. The number of hydrogen-bond donors (Lipinski definition) is 0. The first-order valence-corrected chi connectivity index (χ1v) is 12.7. The highest BCUT2D eigenvalue weighted by Gasteiger charge is 2.29. The molecule has 0 bridgehead atoms. The SMILES string of the molecule is O=C1N=C(SCC(=O)N2c3ccccc3Sc3ccccc32)SC1=Cc1ccc(Cl)cc1. The number of halogens is 1. The van der Waals surface area contributed by atoms with E-state index in [-0.39, 0.29) is 17.6 Å². The Morgan fingerprint density at radius 1 is 0.938 bits per heavy atom. The molecule has 0 atom stereocenters. The summed E-state index contributed by atoms with van der Waals surface area (Å²) in [5, 5.41) is 0.641. The molecule has 0 fully saturated rings. The molecule has 4 nitrogen and oxygen atoms in total. The number of anilines is 2. The van der Waals surface area contributed by atoms with Crippen molar-refractivity contribution in [2.45, 2.75) is 9.79 Å². The van der Waals surface area contributed by atoms with Crippen LogP contribution in [0.2, 0.25) is 5.02 Å². The Kier molecular flexibility index (Phi) is 6.15. The van der Waals surface area contributed by atoms with E-state index >= 15 is 0 Å². The number of para-hydroxylation sites is 2. The summed E-state index contributed by atoms with van der Waals surface area (Å²) in [6.45, 7) is 0. The van der Waals surface area contributed by atoms with Gasteiger partial charge in [0.1, 0.15) is 4.38 Å². The van der Waals surface area contributed by atoms with E-state index in [1.165, 1.54) is 23.5 Å². The van der Waals surface area contributed by atoms with Gasteiger partial charge >= 0.3 is 0 Å². The topological polar surface area (TPSA) is 49.7 Å². The fourth-order valence-electron chi connectivity index (χ4n) is 3.32. The van der Waals surface area contributed by atoms with E-state index < -0.39 is 0 Å². The molecule has 158 valence electrons. The van der Waals surface area contributed by atoms with Crippen LogP contribution in [0.1, 0.15) is 5.56 Å². The van der Waals surface area contributed by atoms with Gasteiger partial charge in [0.05, 0.1) is 22.0 Å². The van der Waals surface area contributed by atoms with Crippen LogP contribution in [-0.4, -0.2) is 21.9 Å². The maximum atomic E-state index is 13.3. The summed E-state index contributed by atoms with van der Waals surface area (Å²) in [4.78, 5) is 34.1. The van der Waals surface area contributed by atoms with Crippen LogP contribution in [0.3, 0.4) is 0 Å². The van der Waals surface area contributed by atoms with Gasteiger partial charge in [-0.1, -0.05) is 83.3 Å². The van der Waals surface area contributed by atoms with E-state index in [4.69, 9.17) is 11.6 Å². The van der Waals surface area contributed by atoms with Crippen LogP contribution < -0.4 is 4.90 Å². The Morgan fingerprint density at radius 3 is 2.22 bits per heavy atom. The Bertz CT molecular complexity index is 1240. The van der Waals surface area contributed by atoms with Gasteiger partial charge in [-0.3, -0.25) is 14.5 Å². The van der Waals surface area contributed by atoms with Gasteiger partial charge in [0.25, 0.3) is 5.91 Å². The van der Waals surface area contributed by atoms with Crippen molar-refractivity contribution < 1.29 is 9.59 Å². The quantitative estimate of drug-likeness (QED) is 0.372. The zero-order valence-corrected chi connectivity index (χ0v) is 19.7. The largest absolute Gasteiger partial charge is 0.285 e. The van der Waals surface area contributed by atoms with E-state index in [9.17, 15) is 9.59 Å². The minimum absolute atomic E-state index is 0.0546. The molecule has 0 radical (unpaired) electrons. The molecule has 0 saturated heterocycles. The molecule has 2 heterocycles. The maximum absolute atomic E-state index is 13.3. The molecule has 3 aromatic rings. The summed E-state index contributed by atoms with van der Waals surface area (Å²) in [7, 11) is 0. The molecule has 8 heteroatoms. The third kappa shape index (κ3) is 4.38. The van der Waals surface area contributed by atoms with Crippen molar-refractivity contribution in [2.24, 2.45) is 4.99 Å². The zero-order chi connectivity index (χ0) is 22.1. The van der Waals surface area contributed by atoms with Gasteiger partial charge in [-0.05, 0) is 48.0 Å². The van der Waals surface area contributed by atoms with Gasteiger partial charge < -0.3 is 0 Å². The molecular formula is C24H15ClN2O2S3. The summed E-state index contributed by atoms with van der Waals surface area (Å²) in [5.74, 6) is -0.160. The second-order valence-corrected chi connectivity index (χ2v) is 10.7. The van der Waals surface area contributed by atoms with E-state index in [1.54, 1.807) is 34.9 Å². The summed E-state index contributed by atoms with van der Waals surface area (Å²) in [6.07, 6.45) is 1.79. The van der Waals surface area contributed by atoms with Gasteiger partial charge in [-0.25, -0.2) is 0 Å². The van der Waals surface area contributed by atoms with Gasteiger partial charge in [0.15, 0.2) is 0 Å². The van der Waals surface area contributed by atoms with Crippen molar-refractivity contribution in [3.63, 3.8) is 0 Å². The molecule has 3 aromatic carbocycles. The van der Waals surface area contributed by atoms with E-state index in [1.807, 2.05) is 60.7 Å². The second kappa shape index (κ2) is 9.19. The van der Waals surface area contributed by atoms with Gasteiger partial charge in [-0.2, -0.15) is 4.99 Å². The minimum atomic E-state index is -0.287. The third-order valence-corrected chi connectivity index (χ3v) is 8.26. The average molecular weight is 495 g/mol. The smallest absolute Gasteiger partial charge is 0.278 e. The molecule has 2 aliphatic rings. The van der Waals surface area contributed by atoms with Gasteiger partial charge in [0.2, 0.25) is 5.91 Å². The Morgan fingerprint density at radius 2 is 1.56 bits per heavy atom. The lowest BCUT2D eigenvalue weighted by Gasteiger charge is -2.30. The molecule has 0 N–H and O–H groups in total. The normalized spacial score (nSPS) is 16.0. The van der Waals surface area contributed by atoms with Crippen molar-refractivity contribution in [1.29, 1.82) is 0 Å². The summed E-state index contributed by atoms with van der Waals surface area (Å²) >= 11 is 10.2. The molecule has 2 aliphatic heterocycles. The molecule has 5 rings (SSSR count). The first-order valence-electron chi connectivity index (χ1n) is 9.68. The third-order valence-electron chi connectivity index (χ3n) is 4.77. The average Bonchev–Trinajstić information content (AvgIpc) is 3.16. The van der Waals surface area contributed by atoms with Crippen molar-refractivity contribution in [3.05, 3.63) is 88.3 Å². The number of amides is 2. The number of nitrogens with zero attached hydrogens (tertiary/aromatic N) is 2. The van der Waals surface area contributed by atoms with Crippen molar-refractivity contribution in [1.82, 2.24) is 0 Å². The lowest BCUT2D eigenvalue weighted by molar-refractivity contribution is -0.115. The van der Waals surface area contributed by atoms with Crippen molar-refractivity contribution >= 4 is 80.5 Å². The lowest BCUT2D eigenvalue weighted by Crippen LogP contribution is -2.30. The standard InChI is InChI=1S/C24H15ClN2O2S3/c25-16-11-9-15(10-12-16)13-21-23(29)26-24(32-21)30-14-22(28)27-17-5-1-3-7-19(17)31-20-8-4-2-6-18(20)27/h1-13H,14H2. The van der Waals surface area contributed by atoms with Crippen LogP contribution in [0.5, 0.6) is 0 Å². The Hall–Kier alpha value is -2.45. The van der Waals surface area contributed by atoms with Gasteiger partial charge in [0, 0.05) is 14.8 Å². The van der Waals surface area contributed by atoms with Crippen molar-refractivity contribution in [2.75, 3.05) is 10.7 Å². The number of hydrogen-bond acceptors (Lipinski definition) is 5. The first kappa shape index (κ1) is 21.4. The van der Waals surface area contributed by atoms with E-state index in [2.05, 4.69) is 4.99 Å². The van der Waals surface area contributed by atoms with E-state index in [0.717, 1.165) is 26.7 Å². The number of thioether (sulfide) groups is 2. The monoisotopic (exact) mass is 494 g/mol. The van der Waals surface area contributed by atoms with Gasteiger partial charge in [-0.15, -0.1) is 0 Å². The number of fused-ring (bicyclic) bond motifs is 2. The second-order valence-electron chi connectivity index (χ2n) is 6.90. The van der Waals surface area contributed by atoms with Crippen LogP contribution in [-0.2, 0) is 9.59 Å². The highest BCUT2D eigenvalue weighted by Crippen LogP contribution is 2.48. The number of carbonyl (C=O) groups excluding carboxylic acids is 2. The summed E-state index contributed by atoms with van der Waals surface area (Å²) < 4.78 is 0.580. The molecular weight excluding hydrogens is 480 g/mol. The molecule has 0 spiro atoms. The Labute approximate surface area is 203 Å². The molecule has 0 saturated carbocycles. The van der Waals surface area contributed by atoms with Crippen molar-refractivity contribution in [3.8, 4) is 0 Å². The fourth-order valence-corrected chi connectivity index (χ4v) is 6.36. The highest BCUT2D eigenvalue weighted by molar-refractivity contribution is 8.41. The summed E-state index contributed by atoms with van der Waals surface area (Å²) in [6, 6.07) is 23.0. The fraction of sp³-hybridized carbons (Fsp3) is 0.0417. The van der Waals surface area contributed by atoms with Crippen LogP contribution in [0.25, 0.3) is 6.08 Å². The van der Waals surface area contributed by atoms with Crippen LogP contribution >= 0.6 is 46.9 Å². The molecule has 0 aliphatic carbocycles. The molecule has 32 heavy (non-hydrogen) atoms. The lowest BCUT2D eigenvalue weighted by atomic mass is 10.2. The first-order chi connectivity index (χ1) is 15.6. The number of rotatable bonds is 3. The summed E-state index contributed by atoms with van der Waals surface area (Å²) in [5.41, 5.74) is 2.63. The zero-order valence-electron chi connectivity index (χ0n) is 16.5. The highest BCUT2D eigenvalue weighted by atomic mass is 35.5. The van der Waals surface area contributed by atoms with Crippen LogP contribution in [0.4, 0.5) is 11.4 Å². The number of benzene rings is 3. The van der Waals surface area contributed by atoms with E-state index in [0.29, 0.717) is 14.3 Å². The molecule has 0 aromatic heterocycles. The maximum Gasteiger partial charge on any atom is 0.285 e.